The number of aromatic nitrogens is 20. The number of hydrogen-bond donors (Lipinski definition) is 0. The molecule has 3 spiro atoms. The normalized spacial score (nSPS) is 16.5. The molecular formula is C125H78N20+6. The van der Waals surface area contributed by atoms with E-state index < -0.39 is 17.0 Å². The lowest BCUT2D eigenvalue weighted by molar-refractivity contribution is -0.995. The van der Waals surface area contributed by atoms with Gasteiger partial charge in [-0.25, -0.2) is 9.97 Å². The Morgan fingerprint density at radius 2 is 0.690 bits per heavy atom. The van der Waals surface area contributed by atoms with E-state index >= 15 is 0 Å². The topological polar surface area (TPSA) is 107 Å². The minimum atomic E-state index is -0.687. The summed E-state index contributed by atoms with van der Waals surface area (Å²) in [4.78, 5) is 9.34. The van der Waals surface area contributed by atoms with Gasteiger partial charge in [-0.15, -0.1) is 14.0 Å². The first-order valence-electron chi connectivity index (χ1n) is 50.0. The third kappa shape index (κ3) is 7.98. The highest BCUT2D eigenvalue weighted by Crippen LogP contribution is 2.61. The van der Waals surface area contributed by atoms with Gasteiger partial charge in [0.15, 0.2) is 16.7 Å². The quantitative estimate of drug-likeness (QED) is 0.164. The van der Waals surface area contributed by atoms with Crippen LogP contribution in [0.3, 0.4) is 0 Å². The van der Waals surface area contributed by atoms with Crippen molar-refractivity contribution in [2.45, 2.75) is 44.7 Å². The van der Waals surface area contributed by atoms with E-state index in [1.807, 2.05) is 24.5 Å². The second kappa shape index (κ2) is 24.9. The summed E-state index contributed by atoms with van der Waals surface area (Å²) >= 11 is 0. The second-order valence-corrected chi connectivity index (χ2v) is 40.7. The molecule has 0 saturated heterocycles. The van der Waals surface area contributed by atoms with E-state index in [1.165, 1.54) is 255 Å². The molecular weight excluding hydrogens is 1780 g/mol. The van der Waals surface area contributed by atoms with Gasteiger partial charge >= 0.3 is 22.6 Å². The van der Waals surface area contributed by atoms with Gasteiger partial charge in [-0.1, -0.05) is 135 Å². The second-order valence-electron chi connectivity index (χ2n) is 40.7. The summed E-state index contributed by atoms with van der Waals surface area (Å²) in [6.07, 6.45) is 24.0. The summed E-state index contributed by atoms with van der Waals surface area (Å²) < 4.78 is 44.6. The zero-order valence-corrected chi connectivity index (χ0v) is 78.5. The molecule has 9 aliphatic rings. The van der Waals surface area contributed by atoms with E-state index in [1.54, 1.807) is 0 Å². The van der Waals surface area contributed by atoms with Crippen LogP contribution in [0.1, 0.15) is 56.2 Å². The third-order valence-electron chi connectivity index (χ3n) is 34.6. The van der Waals surface area contributed by atoms with Crippen LogP contribution in [0.25, 0.3) is 233 Å². The van der Waals surface area contributed by atoms with E-state index in [0.717, 1.165) is 34.3 Å². The summed E-state index contributed by atoms with van der Waals surface area (Å²) in [5.41, 5.74) is 44.6. The number of hydrogen-bond acceptors (Lipinski definition) is 2. The van der Waals surface area contributed by atoms with Crippen molar-refractivity contribution < 1.29 is 27.7 Å². The molecule has 27 heterocycles. The Hall–Kier alpha value is -19.3. The maximum atomic E-state index is 4.67. The maximum absolute atomic E-state index is 4.67. The molecule has 3 unspecified atom stereocenters. The number of benzene rings is 12. The first-order chi connectivity index (χ1) is 71.7. The summed E-state index contributed by atoms with van der Waals surface area (Å²) in [5.74, 6) is 2.32. The molecule has 39 rings (SSSR count). The van der Waals surface area contributed by atoms with Gasteiger partial charge in [0.25, 0.3) is 11.6 Å². The van der Waals surface area contributed by atoms with E-state index in [0.29, 0.717) is 0 Å². The highest BCUT2D eigenvalue weighted by molar-refractivity contribution is 6.23. The van der Waals surface area contributed by atoms with Gasteiger partial charge in [0.2, 0.25) is 17.6 Å². The van der Waals surface area contributed by atoms with Crippen LogP contribution in [0.2, 0.25) is 0 Å². The van der Waals surface area contributed by atoms with Crippen molar-refractivity contribution in [2.75, 3.05) is 0 Å². The zero-order chi connectivity index (χ0) is 94.0. The highest BCUT2D eigenvalue weighted by atomic mass is 15.6. The van der Waals surface area contributed by atoms with E-state index in [4.69, 9.17) is 0 Å². The Morgan fingerprint density at radius 1 is 0.276 bits per heavy atom. The fourth-order valence-corrected chi connectivity index (χ4v) is 29.8. The minimum absolute atomic E-state index is 0.646. The van der Waals surface area contributed by atoms with Crippen molar-refractivity contribution in [1.29, 1.82) is 0 Å². The van der Waals surface area contributed by atoms with Crippen LogP contribution in [0.15, 0.2) is 402 Å². The fraction of sp³-hybridized carbons (Fsp3) is 0.0560. The van der Waals surface area contributed by atoms with E-state index in [-0.39, 0.29) is 0 Å². The molecule has 0 saturated carbocycles. The molecule has 0 bridgehead atoms. The van der Waals surface area contributed by atoms with E-state index in [2.05, 4.69) is 497 Å². The predicted octanol–water partition coefficient (Wildman–Crippen LogP) is 22.2. The molecule has 672 valence electrons. The highest BCUT2D eigenvalue weighted by Gasteiger charge is 2.73. The molecule has 3 atom stereocenters. The van der Waals surface area contributed by atoms with Gasteiger partial charge < -0.3 is 26.9 Å². The molecule has 145 heavy (non-hydrogen) atoms. The molecule has 30 aromatic rings. The smallest absolute Gasteiger partial charge is 0.323 e. The summed E-state index contributed by atoms with van der Waals surface area (Å²) in [6.45, 7) is 9.19. The Morgan fingerprint density at radius 3 is 1.26 bits per heavy atom. The zero-order valence-electron chi connectivity index (χ0n) is 78.5. The molecule has 0 N–H and O–H groups in total. The average Bonchev–Trinajstić information content (AvgIpc) is 1.38. The maximum Gasteiger partial charge on any atom is 0.394 e. The molecule has 0 fully saturated rings. The summed E-state index contributed by atoms with van der Waals surface area (Å²) in [7, 11) is 0. The van der Waals surface area contributed by atoms with Crippen LogP contribution < -0.4 is 27.7 Å². The summed E-state index contributed by atoms with van der Waals surface area (Å²) in [6, 6.07) is 123. The van der Waals surface area contributed by atoms with Gasteiger partial charge in [-0.3, -0.25) is 0 Å². The van der Waals surface area contributed by atoms with Crippen LogP contribution in [0.5, 0.6) is 0 Å². The van der Waals surface area contributed by atoms with Crippen molar-refractivity contribution >= 4 is 148 Å². The molecule has 0 aliphatic carbocycles. The first kappa shape index (κ1) is 74.7. The molecule has 9 aliphatic heterocycles. The van der Waals surface area contributed by atoms with Gasteiger partial charge in [0.05, 0.1) is 120 Å². The monoisotopic (exact) mass is 1860 g/mol. The van der Waals surface area contributed by atoms with Crippen molar-refractivity contribution in [3.05, 3.63) is 458 Å². The number of pyridine rings is 4. The van der Waals surface area contributed by atoms with Crippen molar-refractivity contribution in [3.8, 4) is 85.1 Å². The number of rotatable bonds is 3. The van der Waals surface area contributed by atoms with Crippen LogP contribution >= 0.6 is 0 Å². The van der Waals surface area contributed by atoms with Gasteiger partial charge in [0, 0.05) is 133 Å². The summed E-state index contributed by atoms with van der Waals surface area (Å²) in [5, 5.41) is 15.4. The lowest BCUT2D eigenvalue weighted by atomic mass is 9.82. The van der Waals surface area contributed by atoms with Crippen molar-refractivity contribution in [3.63, 3.8) is 0 Å². The van der Waals surface area contributed by atoms with E-state index in [9.17, 15) is 0 Å². The van der Waals surface area contributed by atoms with Crippen molar-refractivity contribution in [1.82, 2.24) is 64.6 Å². The molecule has 12 aromatic carbocycles. The Labute approximate surface area is 822 Å². The molecule has 20 nitrogen and oxygen atoms in total. The molecule has 0 amide bonds. The van der Waals surface area contributed by atoms with Crippen LogP contribution in [0.4, 0.5) is 0 Å². The lowest BCUT2D eigenvalue weighted by Crippen LogP contribution is -2.77. The largest absolute Gasteiger partial charge is 0.394 e. The predicted molar refractivity (Wildman–Crippen MR) is 563 cm³/mol. The fourth-order valence-electron chi connectivity index (χ4n) is 29.8. The van der Waals surface area contributed by atoms with Crippen molar-refractivity contribution in [2.24, 2.45) is 0 Å². The first-order valence-corrected chi connectivity index (χ1v) is 50.0. The third-order valence-corrected chi connectivity index (χ3v) is 34.6. The van der Waals surface area contributed by atoms with Gasteiger partial charge in [-0.2, -0.15) is 27.4 Å². The standard InChI is InChI=1S/2C42H27N7.C41H24N6/c1-24-37(32-19-20-36-43-21-9-22-44(32)36)25(2)49-42-38-33(46-30-13-5-3-10-26(30)28-17-18-35(48(24)49)39(42)40(28)46)15-7-16-34(38)47-31-14-6-4-11-27(31)29-12-8-23-45(42)41(29)47;1-24-37(32-18-19-35-43-20-10-21-44(32)35)25(2)49-42-38-33(15-9-16-34(38)48(24)49)46-30-13-5-3-11-26(30)28-23-29-27-12-4-6-14-31(27)47(41(29)39(42)40(28)46)36-17-7-8-22-45(36)42;1-3-12-32-28(10-1)30-15-17-34-37-39(30)46(32)35-18-16-31-29-11-2-4-13-33(29)47-36-14-6-8-20-43(36)41(37,38(35)40(31)47)45-24-26(23-44(34)45)25-21-27-9-5-7-19-42(27)22-25/h2*3-23H,1-2H3;1-24H/q3*+2. The average molecular weight is 1860 g/mol. The van der Waals surface area contributed by atoms with Gasteiger partial charge in [-0.05, 0) is 214 Å². The Kier molecular flexibility index (Phi) is 12.8. The number of nitrogens with zero attached hydrogens (tertiary/aromatic N) is 20. The number of para-hydroxylation sites is 6. The number of fused-ring (bicyclic) bond motifs is 35. The molecule has 0 radical (unpaired) electrons. The SMILES string of the molecule is Cc1c(-c2ccc3ncccn23)c(C)[n+]2n1-c1ccc3c4ccccc4n4c3c1C21c2c-4cccc2-n2c3ccccc3c3ccc[n+]1c32.Cc1c(-c2ccc3ncccn23)c(C)[n+]2n1-c1cccc3c1C21c2c4c(cc5c6ccccc6n(c25)-c2cccc[n+]21)c1ccccc1n4-3.c1cc[n+]2c(c1)-n1c3ccccc3c3ccc4c(c31)C21c2c(ccc3c5ccccc5n-4c23)-n2cc(-c3cc4ccccn4c3)c[n+]21. The van der Waals surface area contributed by atoms with Gasteiger partial charge in [0.1, 0.15) is 78.3 Å². The Bertz CT molecular complexity index is 11400. The molecule has 20 heteroatoms. The Balaban J connectivity index is 0.0000000892. The molecule has 18 aromatic heterocycles. The van der Waals surface area contributed by atoms with Crippen LogP contribution in [-0.2, 0) is 17.0 Å². The lowest BCUT2D eigenvalue weighted by Gasteiger charge is -2.33. The minimum Gasteiger partial charge on any atom is -0.323 e. The van der Waals surface area contributed by atoms with Crippen LogP contribution in [-0.4, -0.2) is 64.6 Å². The van der Waals surface area contributed by atoms with Crippen LogP contribution in [0, 0.1) is 27.7 Å².